The number of hydrogen-bond donors (Lipinski definition) is 3. The molecule has 2 aromatic carbocycles. The molecule has 336 valence electrons. The predicted octanol–water partition coefficient (Wildman–Crippen LogP) is 5.93. The van der Waals surface area contributed by atoms with Crippen molar-refractivity contribution in [3.63, 3.8) is 0 Å². The maximum absolute atomic E-state index is 13.8. The molecule has 3 N–H and O–H groups in total. The molecule has 3 heterocycles. The van der Waals surface area contributed by atoms with Gasteiger partial charge in [0.05, 0.1) is 89.3 Å². The number of amides is 2. The van der Waals surface area contributed by atoms with Gasteiger partial charge in [0.2, 0.25) is 11.9 Å². The molecular weight excluding hydrogens is 821 g/mol. The van der Waals surface area contributed by atoms with Gasteiger partial charge in [0.1, 0.15) is 5.60 Å². The molecule has 5 rings (SSSR count). The molecule has 0 radical (unpaired) electrons. The van der Waals surface area contributed by atoms with Gasteiger partial charge in [-0.15, -0.1) is 0 Å². The lowest BCUT2D eigenvalue weighted by molar-refractivity contribution is -0.117. The molecule has 0 atom stereocenters. The van der Waals surface area contributed by atoms with Gasteiger partial charge in [-0.1, -0.05) is 24.6 Å². The number of nitrogens with zero attached hydrogens (tertiary/aromatic N) is 5. The van der Waals surface area contributed by atoms with Crippen molar-refractivity contribution in [2.24, 2.45) is 0 Å². The van der Waals surface area contributed by atoms with Crippen LogP contribution in [0, 0.1) is 6.92 Å². The van der Waals surface area contributed by atoms with Crippen molar-refractivity contribution >= 4 is 50.4 Å². The molecule has 62 heavy (non-hydrogen) atoms. The molecule has 3 aromatic heterocycles. The lowest BCUT2D eigenvalue weighted by atomic mass is 10.2. The Hall–Kier alpha value is -5.44. The fourth-order valence-electron chi connectivity index (χ4n) is 5.80. The van der Waals surface area contributed by atoms with E-state index in [-0.39, 0.29) is 35.4 Å². The molecular formula is C43H58N8O10S. The quantitative estimate of drug-likeness (QED) is 0.0551. The topological polar surface area (TPSA) is 208 Å². The summed E-state index contributed by atoms with van der Waals surface area (Å²) in [5.41, 5.74) is 3.10. The van der Waals surface area contributed by atoms with Crippen LogP contribution in [0.25, 0.3) is 22.3 Å². The van der Waals surface area contributed by atoms with E-state index in [4.69, 9.17) is 33.4 Å². The number of rotatable bonds is 26. The van der Waals surface area contributed by atoms with Crippen molar-refractivity contribution in [2.75, 3.05) is 83.2 Å². The third kappa shape index (κ3) is 15.2. The van der Waals surface area contributed by atoms with Gasteiger partial charge in [-0.05, 0) is 76.6 Å². The number of aromatic nitrogens is 5. The van der Waals surface area contributed by atoms with Gasteiger partial charge in [0.15, 0.2) is 5.65 Å². The predicted molar refractivity (Wildman–Crippen MR) is 234 cm³/mol. The molecule has 0 aliphatic rings. The van der Waals surface area contributed by atoms with Crippen LogP contribution in [0.1, 0.15) is 46.1 Å². The van der Waals surface area contributed by atoms with Crippen LogP contribution in [-0.4, -0.2) is 122 Å². The maximum Gasteiger partial charge on any atom is 0.407 e. The normalized spacial score (nSPS) is 11.8. The summed E-state index contributed by atoms with van der Waals surface area (Å²) in [4.78, 5) is 33.7. The minimum absolute atomic E-state index is 0.144. The molecule has 0 spiro atoms. The summed E-state index contributed by atoms with van der Waals surface area (Å²) in [5.74, 6) is -0.0190. The van der Waals surface area contributed by atoms with E-state index in [0.29, 0.717) is 88.5 Å². The van der Waals surface area contributed by atoms with Crippen LogP contribution in [0.2, 0.25) is 0 Å². The number of hydrogen-bond acceptors (Lipinski definition) is 14. The summed E-state index contributed by atoms with van der Waals surface area (Å²) in [5, 5.41) is 13.7. The maximum atomic E-state index is 13.8. The summed E-state index contributed by atoms with van der Waals surface area (Å²) in [6.07, 6.45) is 5.67. The van der Waals surface area contributed by atoms with Crippen LogP contribution in [-0.2, 0) is 49.8 Å². The molecule has 0 aliphatic carbocycles. The number of carbonyl (C=O) groups is 2. The van der Waals surface area contributed by atoms with Crippen LogP contribution >= 0.6 is 0 Å². The summed E-state index contributed by atoms with van der Waals surface area (Å²) >= 11 is 0. The van der Waals surface area contributed by atoms with Gasteiger partial charge in [0.25, 0.3) is 10.0 Å². The van der Waals surface area contributed by atoms with E-state index in [1.807, 2.05) is 17.8 Å². The first-order chi connectivity index (χ1) is 29.8. The second-order valence-corrected chi connectivity index (χ2v) is 16.9. The lowest BCUT2D eigenvalue weighted by Gasteiger charge is -2.19. The smallest absolute Gasteiger partial charge is 0.407 e. The van der Waals surface area contributed by atoms with E-state index in [1.54, 1.807) is 81.6 Å². The Bertz CT molecular complexity index is 2270. The zero-order chi connectivity index (χ0) is 44.4. The van der Waals surface area contributed by atoms with Gasteiger partial charge < -0.3 is 44.4 Å². The zero-order valence-corrected chi connectivity index (χ0v) is 36.9. The van der Waals surface area contributed by atoms with Crippen molar-refractivity contribution in [1.29, 1.82) is 0 Å². The molecule has 5 aromatic rings. The minimum atomic E-state index is -3.97. The minimum Gasteiger partial charge on any atom is -0.444 e. The number of benzene rings is 2. The molecule has 19 heteroatoms. The number of aryl methyl sites for hydroxylation is 2. The van der Waals surface area contributed by atoms with Crippen molar-refractivity contribution in [3.8, 4) is 11.3 Å². The highest BCUT2D eigenvalue weighted by atomic mass is 32.2. The molecule has 0 unspecified atom stereocenters. The molecule has 0 saturated heterocycles. The Morgan fingerprint density at radius 3 is 1.97 bits per heavy atom. The highest BCUT2D eigenvalue weighted by molar-refractivity contribution is 7.90. The van der Waals surface area contributed by atoms with Crippen LogP contribution in [0.4, 0.5) is 22.1 Å². The largest absolute Gasteiger partial charge is 0.444 e. The number of nitrogens with one attached hydrogen (secondary N) is 3. The van der Waals surface area contributed by atoms with Gasteiger partial charge in [-0.3, -0.25) is 9.48 Å². The van der Waals surface area contributed by atoms with Gasteiger partial charge >= 0.3 is 6.09 Å². The highest BCUT2D eigenvalue weighted by Gasteiger charge is 2.23. The number of carbonyl (C=O) groups excluding carboxylic acids is 2. The van der Waals surface area contributed by atoms with Crippen molar-refractivity contribution in [3.05, 3.63) is 78.8 Å². The molecule has 18 nitrogen and oxygen atoms in total. The second kappa shape index (κ2) is 23.7. The number of alkyl carbamates (subject to hydrolysis) is 1. The summed E-state index contributed by atoms with van der Waals surface area (Å²) in [7, 11) is -3.97. The first kappa shape index (κ1) is 47.6. The van der Waals surface area contributed by atoms with E-state index >= 15 is 0 Å². The summed E-state index contributed by atoms with van der Waals surface area (Å²) in [6, 6.07) is 15.4. The van der Waals surface area contributed by atoms with Crippen LogP contribution in [0.3, 0.4) is 0 Å². The molecule has 2 amide bonds. The lowest BCUT2D eigenvalue weighted by Crippen LogP contribution is -2.34. The molecule has 0 saturated carbocycles. The Kier molecular flexibility index (Phi) is 18.2. The van der Waals surface area contributed by atoms with Crippen LogP contribution in [0.5, 0.6) is 0 Å². The van der Waals surface area contributed by atoms with E-state index < -0.39 is 21.7 Å². The van der Waals surface area contributed by atoms with E-state index in [1.165, 1.54) is 10.2 Å². The Morgan fingerprint density at radius 1 is 0.758 bits per heavy atom. The SMILES string of the molecule is CCCn1cc(-c2nc(Nc3ccc(NC(=O)CCOCCOCCOCCOCCOCCNC(=O)OC(C)(C)C)cc3)nc3c2ccn3S(=O)(=O)c2ccc(C)cc2)cn1. The van der Waals surface area contributed by atoms with Crippen LogP contribution in [0.15, 0.2) is 78.1 Å². The second-order valence-electron chi connectivity index (χ2n) is 15.0. The number of anilines is 3. The molecule has 0 bridgehead atoms. The van der Waals surface area contributed by atoms with Crippen molar-refractivity contribution in [1.82, 2.24) is 29.0 Å². The fourth-order valence-corrected chi connectivity index (χ4v) is 7.09. The summed E-state index contributed by atoms with van der Waals surface area (Å²) in [6.45, 7) is 14.2. The van der Waals surface area contributed by atoms with Crippen molar-refractivity contribution in [2.45, 2.75) is 64.5 Å². The van der Waals surface area contributed by atoms with E-state index in [2.05, 4.69) is 33.0 Å². The zero-order valence-electron chi connectivity index (χ0n) is 36.1. The number of fused-ring (bicyclic) bond motifs is 1. The highest BCUT2D eigenvalue weighted by Crippen LogP contribution is 2.31. The van der Waals surface area contributed by atoms with Gasteiger partial charge in [-0.25, -0.2) is 22.2 Å². The monoisotopic (exact) mass is 878 g/mol. The first-order valence-electron chi connectivity index (χ1n) is 20.6. The fraction of sp³-hybridized carbons (Fsp3) is 0.465. The Balaban J connectivity index is 0.989. The average molecular weight is 879 g/mol. The third-order valence-electron chi connectivity index (χ3n) is 8.75. The Morgan fingerprint density at radius 2 is 1.35 bits per heavy atom. The summed E-state index contributed by atoms with van der Waals surface area (Å²) < 4.78 is 63.2. The number of ether oxygens (including phenoxy) is 6. The first-order valence-corrected chi connectivity index (χ1v) is 22.0. The van der Waals surface area contributed by atoms with E-state index in [0.717, 1.165) is 24.1 Å². The van der Waals surface area contributed by atoms with Crippen molar-refractivity contribution < 1.29 is 46.4 Å². The van der Waals surface area contributed by atoms with E-state index in [9.17, 15) is 18.0 Å². The standard InChI is InChI=1S/C43H58N8O10S/c1-6-18-50-31-33(30-45-50)39-37-15-19-51(62(54,55)36-13-7-32(2)8-14-36)40(37)49-41(48-39)47-35-11-9-34(10-12-35)46-38(52)16-20-56-22-24-58-26-28-60-29-27-59-25-23-57-21-17-44-42(53)61-43(3,4)5/h7-15,19,30-31H,6,16-18,20-29H2,1-5H3,(H,44,53)(H,46,52)(H,47,48,49). The van der Waals surface area contributed by atoms with Gasteiger partial charge in [-0.2, -0.15) is 10.1 Å². The van der Waals surface area contributed by atoms with Crippen LogP contribution < -0.4 is 16.0 Å². The third-order valence-corrected chi connectivity index (χ3v) is 10.4. The molecule has 0 aliphatic heterocycles. The Labute approximate surface area is 362 Å². The molecule has 0 fully saturated rings. The van der Waals surface area contributed by atoms with Gasteiger partial charge in [0, 0.05) is 47.8 Å². The average Bonchev–Trinajstić information content (AvgIpc) is 3.88.